The first-order chi connectivity index (χ1) is 9.25. The molecule has 0 saturated carbocycles. The van der Waals surface area contributed by atoms with Crippen LogP contribution in [0.3, 0.4) is 0 Å². The maximum Gasteiger partial charge on any atom is 0.146 e. The number of hydrogen-bond donors (Lipinski definition) is 1. The SMILES string of the molecule is Cc1ccc(Nc2cc(Br)nc(C(C)(C)C)n2)c(F)c1. The van der Waals surface area contributed by atoms with Crippen LogP contribution in [0.2, 0.25) is 0 Å². The molecule has 1 aromatic heterocycles. The van der Waals surface area contributed by atoms with Crippen molar-refractivity contribution in [2.75, 3.05) is 5.32 Å². The largest absolute Gasteiger partial charge is 0.338 e. The van der Waals surface area contributed by atoms with Crippen molar-refractivity contribution in [3.63, 3.8) is 0 Å². The van der Waals surface area contributed by atoms with Crippen LogP contribution in [-0.2, 0) is 5.41 Å². The molecule has 1 heterocycles. The van der Waals surface area contributed by atoms with E-state index >= 15 is 0 Å². The summed E-state index contributed by atoms with van der Waals surface area (Å²) >= 11 is 3.36. The van der Waals surface area contributed by atoms with Crippen molar-refractivity contribution in [2.24, 2.45) is 0 Å². The zero-order valence-electron chi connectivity index (χ0n) is 12.0. The normalized spacial score (nSPS) is 11.5. The average molecular weight is 338 g/mol. The van der Waals surface area contributed by atoms with Crippen LogP contribution in [0.5, 0.6) is 0 Å². The Morgan fingerprint density at radius 3 is 2.45 bits per heavy atom. The molecule has 3 nitrogen and oxygen atoms in total. The quantitative estimate of drug-likeness (QED) is 0.805. The fourth-order valence-electron chi connectivity index (χ4n) is 1.68. The summed E-state index contributed by atoms with van der Waals surface area (Å²) in [5, 5.41) is 3.00. The second-order valence-corrected chi connectivity index (χ2v) is 6.57. The minimum atomic E-state index is -0.294. The Labute approximate surface area is 126 Å². The van der Waals surface area contributed by atoms with Gasteiger partial charge in [-0.05, 0) is 40.5 Å². The van der Waals surface area contributed by atoms with Gasteiger partial charge in [-0.25, -0.2) is 14.4 Å². The predicted molar refractivity (Wildman–Crippen MR) is 82.9 cm³/mol. The van der Waals surface area contributed by atoms with Crippen molar-refractivity contribution in [1.82, 2.24) is 9.97 Å². The molecule has 0 spiro atoms. The molecule has 1 aromatic carbocycles. The monoisotopic (exact) mass is 337 g/mol. The lowest BCUT2D eigenvalue weighted by Gasteiger charge is -2.18. The molecule has 5 heteroatoms. The Morgan fingerprint density at radius 1 is 1.15 bits per heavy atom. The zero-order valence-corrected chi connectivity index (χ0v) is 13.5. The van der Waals surface area contributed by atoms with Crippen molar-refractivity contribution < 1.29 is 4.39 Å². The summed E-state index contributed by atoms with van der Waals surface area (Å²) in [5.41, 5.74) is 1.11. The van der Waals surface area contributed by atoms with Gasteiger partial charge >= 0.3 is 0 Å². The molecule has 0 radical (unpaired) electrons. The summed E-state index contributed by atoms with van der Waals surface area (Å²) in [6.07, 6.45) is 0. The van der Waals surface area contributed by atoms with Gasteiger partial charge in [0.1, 0.15) is 22.1 Å². The van der Waals surface area contributed by atoms with Crippen LogP contribution in [0.25, 0.3) is 0 Å². The average Bonchev–Trinajstić information content (AvgIpc) is 2.31. The van der Waals surface area contributed by atoms with Crippen molar-refractivity contribution in [3.05, 3.63) is 46.1 Å². The van der Waals surface area contributed by atoms with Gasteiger partial charge in [0.25, 0.3) is 0 Å². The second-order valence-electron chi connectivity index (χ2n) is 5.76. The van der Waals surface area contributed by atoms with E-state index in [-0.39, 0.29) is 11.2 Å². The van der Waals surface area contributed by atoms with E-state index in [2.05, 4.69) is 31.2 Å². The first-order valence-electron chi connectivity index (χ1n) is 6.34. The van der Waals surface area contributed by atoms with Gasteiger partial charge in [0.05, 0.1) is 5.69 Å². The van der Waals surface area contributed by atoms with Gasteiger partial charge in [-0.15, -0.1) is 0 Å². The lowest BCUT2D eigenvalue weighted by atomic mass is 9.96. The summed E-state index contributed by atoms with van der Waals surface area (Å²) in [6, 6.07) is 6.78. The molecule has 106 valence electrons. The molecular weight excluding hydrogens is 321 g/mol. The summed E-state index contributed by atoms with van der Waals surface area (Å²) < 4.78 is 14.5. The van der Waals surface area contributed by atoms with Gasteiger partial charge in [0.15, 0.2) is 0 Å². The molecule has 0 unspecified atom stereocenters. The van der Waals surface area contributed by atoms with E-state index in [4.69, 9.17) is 0 Å². The maximum atomic E-state index is 13.9. The molecule has 2 aromatic rings. The number of aromatic nitrogens is 2. The zero-order chi connectivity index (χ0) is 14.9. The second kappa shape index (κ2) is 5.48. The number of aryl methyl sites for hydroxylation is 1. The lowest BCUT2D eigenvalue weighted by molar-refractivity contribution is 0.544. The van der Waals surface area contributed by atoms with Crippen molar-refractivity contribution in [3.8, 4) is 0 Å². The molecule has 0 atom stereocenters. The van der Waals surface area contributed by atoms with Crippen LogP contribution in [0.4, 0.5) is 15.9 Å². The Bertz CT molecular complexity index is 636. The summed E-state index contributed by atoms with van der Waals surface area (Å²) in [6.45, 7) is 7.95. The molecule has 0 fully saturated rings. The van der Waals surface area contributed by atoms with Crippen LogP contribution < -0.4 is 5.32 Å². The third-order valence-corrected chi connectivity index (χ3v) is 3.16. The van der Waals surface area contributed by atoms with E-state index in [0.29, 0.717) is 21.9 Å². The lowest BCUT2D eigenvalue weighted by Crippen LogP contribution is -2.17. The highest BCUT2D eigenvalue weighted by molar-refractivity contribution is 9.10. The van der Waals surface area contributed by atoms with Gasteiger partial charge in [-0.1, -0.05) is 26.8 Å². The number of nitrogens with zero attached hydrogens (tertiary/aromatic N) is 2. The molecule has 20 heavy (non-hydrogen) atoms. The third-order valence-electron chi connectivity index (χ3n) is 2.75. The first-order valence-corrected chi connectivity index (χ1v) is 7.13. The number of halogens is 2. The smallest absolute Gasteiger partial charge is 0.146 e. The van der Waals surface area contributed by atoms with E-state index in [0.717, 1.165) is 5.56 Å². The number of hydrogen-bond acceptors (Lipinski definition) is 3. The molecule has 0 amide bonds. The van der Waals surface area contributed by atoms with Crippen LogP contribution in [0.15, 0.2) is 28.9 Å². The maximum absolute atomic E-state index is 13.9. The Morgan fingerprint density at radius 2 is 1.85 bits per heavy atom. The summed E-state index contributed by atoms with van der Waals surface area (Å²) in [5.74, 6) is 0.971. The molecule has 0 aliphatic heterocycles. The van der Waals surface area contributed by atoms with Gasteiger partial charge in [-0.2, -0.15) is 0 Å². The van der Waals surface area contributed by atoms with E-state index in [1.807, 2.05) is 33.8 Å². The topological polar surface area (TPSA) is 37.8 Å². The van der Waals surface area contributed by atoms with Crippen molar-refractivity contribution in [2.45, 2.75) is 33.1 Å². The van der Waals surface area contributed by atoms with E-state index < -0.39 is 0 Å². The fraction of sp³-hybridized carbons (Fsp3) is 0.333. The minimum Gasteiger partial charge on any atom is -0.338 e. The van der Waals surface area contributed by atoms with Crippen LogP contribution >= 0.6 is 15.9 Å². The van der Waals surface area contributed by atoms with Crippen molar-refractivity contribution in [1.29, 1.82) is 0 Å². The highest BCUT2D eigenvalue weighted by Crippen LogP contribution is 2.25. The Hall–Kier alpha value is -1.49. The summed E-state index contributed by atoms with van der Waals surface area (Å²) in [7, 11) is 0. The van der Waals surface area contributed by atoms with Gasteiger partial charge < -0.3 is 5.32 Å². The predicted octanol–water partition coefficient (Wildman–Crippen LogP) is 4.73. The molecule has 2 rings (SSSR count). The van der Waals surface area contributed by atoms with Crippen molar-refractivity contribution >= 4 is 27.4 Å². The standard InChI is InChI=1S/C15H17BrFN3/c1-9-5-6-11(10(17)7-9)18-13-8-12(16)19-14(20-13)15(2,3)4/h5-8H,1-4H3,(H,18,19,20). The van der Waals surface area contributed by atoms with E-state index in [1.54, 1.807) is 12.1 Å². The van der Waals surface area contributed by atoms with Gasteiger partial charge in [0, 0.05) is 11.5 Å². The van der Waals surface area contributed by atoms with Crippen LogP contribution in [0.1, 0.15) is 32.2 Å². The highest BCUT2D eigenvalue weighted by Gasteiger charge is 2.19. The molecule has 0 bridgehead atoms. The number of anilines is 2. The number of nitrogens with one attached hydrogen (secondary N) is 1. The molecular formula is C15H17BrFN3. The molecule has 1 N–H and O–H groups in total. The fourth-order valence-corrected chi connectivity index (χ4v) is 2.06. The minimum absolute atomic E-state index is 0.175. The number of rotatable bonds is 2. The Balaban J connectivity index is 2.36. The molecule has 0 aliphatic rings. The summed E-state index contributed by atoms with van der Waals surface area (Å²) in [4.78, 5) is 8.80. The highest BCUT2D eigenvalue weighted by atomic mass is 79.9. The van der Waals surface area contributed by atoms with Gasteiger partial charge in [0.2, 0.25) is 0 Å². The third kappa shape index (κ3) is 3.54. The van der Waals surface area contributed by atoms with E-state index in [1.165, 1.54) is 6.07 Å². The number of benzene rings is 1. The molecule has 0 aliphatic carbocycles. The van der Waals surface area contributed by atoms with Crippen LogP contribution in [-0.4, -0.2) is 9.97 Å². The van der Waals surface area contributed by atoms with Crippen LogP contribution in [0, 0.1) is 12.7 Å². The molecule has 0 saturated heterocycles. The van der Waals surface area contributed by atoms with Gasteiger partial charge in [-0.3, -0.25) is 0 Å². The Kier molecular flexibility index (Phi) is 4.09. The van der Waals surface area contributed by atoms with E-state index in [9.17, 15) is 4.39 Å². The first kappa shape index (κ1) is 14.9.